The van der Waals surface area contributed by atoms with Gasteiger partial charge < -0.3 is 10.2 Å². The van der Waals surface area contributed by atoms with E-state index >= 15 is 0 Å². The monoisotopic (exact) mass is 253 g/mol. The SMILES string of the molecule is CCN1CCN(C(=O)C2CCNC(C)C2)CC1C. The van der Waals surface area contributed by atoms with E-state index < -0.39 is 0 Å². The molecule has 0 aliphatic carbocycles. The van der Waals surface area contributed by atoms with Gasteiger partial charge in [-0.05, 0) is 39.8 Å². The number of hydrogen-bond donors (Lipinski definition) is 1. The standard InChI is InChI=1S/C14H27N3O/c1-4-16-7-8-17(10-12(16)3)14(18)13-5-6-15-11(2)9-13/h11-13,15H,4-10H2,1-3H3. The first-order valence-corrected chi connectivity index (χ1v) is 7.38. The summed E-state index contributed by atoms with van der Waals surface area (Å²) in [6.45, 7) is 11.5. The Morgan fingerprint density at radius 1 is 1.33 bits per heavy atom. The van der Waals surface area contributed by atoms with Crippen LogP contribution in [0, 0.1) is 5.92 Å². The average Bonchev–Trinajstić information content (AvgIpc) is 2.37. The molecule has 3 atom stereocenters. The number of nitrogens with one attached hydrogen (secondary N) is 1. The van der Waals surface area contributed by atoms with E-state index in [2.05, 4.69) is 35.9 Å². The molecule has 2 rings (SSSR count). The number of carbonyl (C=O) groups excluding carboxylic acids is 1. The fourth-order valence-electron chi connectivity index (χ4n) is 3.28. The lowest BCUT2D eigenvalue weighted by Gasteiger charge is -2.41. The summed E-state index contributed by atoms with van der Waals surface area (Å²) in [5.41, 5.74) is 0. The lowest BCUT2D eigenvalue weighted by atomic mass is 9.91. The highest BCUT2D eigenvalue weighted by atomic mass is 16.2. The van der Waals surface area contributed by atoms with Crippen molar-refractivity contribution in [1.29, 1.82) is 0 Å². The molecule has 1 N–H and O–H groups in total. The second kappa shape index (κ2) is 6.02. The molecule has 4 heteroatoms. The van der Waals surface area contributed by atoms with Crippen molar-refractivity contribution in [1.82, 2.24) is 15.1 Å². The van der Waals surface area contributed by atoms with Crippen molar-refractivity contribution in [2.24, 2.45) is 5.92 Å². The summed E-state index contributed by atoms with van der Waals surface area (Å²) in [6, 6.07) is 0.994. The highest BCUT2D eigenvalue weighted by molar-refractivity contribution is 5.79. The fourth-order valence-corrected chi connectivity index (χ4v) is 3.28. The van der Waals surface area contributed by atoms with Crippen LogP contribution in [-0.2, 0) is 4.79 Å². The Balaban J connectivity index is 1.89. The van der Waals surface area contributed by atoms with Crippen LogP contribution in [0.15, 0.2) is 0 Å². The van der Waals surface area contributed by atoms with Crippen molar-refractivity contribution in [3.8, 4) is 0 Å². The smallest absolute Gasteiger partial charge is 0.225 e. The Labute approximate surface area is 111 Å². The first-order chi connectivity index (χ1) is 8.61. The number of piperazine rings is 1. The van der Waals surface area contributed by atoms with E-state index in [1.807, 2.05) is 0 Å². The second-order valence-electron chi connectivity index (χ2n) is 5.84. The van der Waals surface area contributed by atoms with Crippen LogP contribution in [0.5, 0.6) is 0 Å². The van der Waals surface area contributed by atoms with Gasteiger partial charge in [-0.25, -0.2) is 0 Å². The zero-order valence-electron chi connectivity index (χ0n) is 12.0. The van der Waals surface area contributed by atoms with Gasteiger partial charge in [0.2, 0.25) is 5.91 Å². The third-order valence-electron chi connectivity index (χ3n) is 4.46. The van der Waals surface area contributed by atoms with Crippen LogP contribution in [0.1, 0.15) is 33.6 Å². The van der Waals surface area contributed by atoms with Gasteiger partial charge in [0, 0.05) is 37.6 Å². The van der Waals surface area contributed by atoms with Crippen LogP contribution in [0.4, 0.5) is 0 Å². The number of rotatable bonds is 2. The van der Waals surface area contributed by atoms with Gasteiger partial charge in [-0.15, -0.1) is 0 Å². The molecular weight excluding hydrogens is 226 g/mol. The van der Waals surface area contributed by atoms with Crippen LogP contribution < -0.4 is 5.32 Å². The summed E-state index contributed by atoms with van der Waals surface area (Å²) in [4.78, 5) is 17.1. The third kappa shape index (κ3) is 3.04. The van der Waals surface area contributed by atoms with Crippen LogP contribution in [0.3, 0.4) is 0 Å². The van der Waals surface area contributed by atoms with Crippen molar-refractivity contribution in [3.05, 3.63) is 0 Å². The lowest BCUT2D eigenvalue weighted by molar-refractivity contribution is -0.139. The quantitative estimate of drug-likeness (QED) is 0.795. The Hall–Kier alpha value is -0.610. The first kappa shape index (κ1) is 13.8. The molecule has 18 heavy (non-hydrogen) atoms. The largest absolute Gasteiger partial charge is 0.340 e. The molecule has 2 aliphatic heterocycles. The summed E-state index contributed by atoms with van der Waals surface area (Å²) in [6.07, 6.45) is 2.01. The zero-order valence-corrected chi connectivity index (χ0v) is 12.0. The van der Waals surface area contributed by atoms with Gasteiger partial charge in [0.1, 0.15) is 0 Å². The number of carbonyl (C=O) groups is 1. The Morgan fingerprint density at radius 2 is 2.11 bits per heavy atom. The topological polar surface area (TPSA) is 35.6 Å². The molecule has 3 unspecified atom stereocenters. The number of likely N-dealkylation sites (N-methyl/N-ethyl adjacent to an activating group) is 1. The summed E-state index contributed by atoms with van der Waals surface area (Å²) < 4.78 is 0. The lowest BCUT2D eigenvalue weighted by Crippen LogP contribution is -2.55. The molecule has 2 aliphatic rings. The highest BCUT2D eigenvalue weighted by Gasteiger charge is 2.32. The zero-order chi connectivity index (χ0) is 13.1. The summed E-state index contributed by atoms with van der Waals surface area (Å²) in [5, 5.41) is 3.42. The van der Waals surface area contributed by atoms with Gasteiger partial charge in [0.15, 0.2) is 0 Å². The van der Waals surface area contributed by atoms with E-state index in [4.69, 9.17) is 0 Å². The minimum absolute atomic E-state index is 0.252. The van der Waals surface area contributed by atoms with Crippen LogP contribution in [0.2, 0.25) is 0 Å². The maximum absolute atomic E-state index is 12.5. The summed E-state index contributed by atoms with van der Waals surface area (Å²) >= 11 is 0. The van der Waals surface area contributed by atoms with Crippen LogP contribution >= 0.6 is 0 Å². The minimum atomic E-state index is 0.252. The molecule has 0 spiro atoms. The molecule has 104 valence electrons. The molecule has 0 aromatic rings. The van der Waals surface area contributed by atoms with E-state index in [0.29, 0.717) is 18.0 Å². The normalized spacial score (nSPS) is 34.6. The van der Waals surface area contributed by atoms with Crippen molar-refractivity contribution < 1.29 is 4.79 Å². The number of piperidine rings is 1. The minimum Gasteiger partial charge on any atom is -0.340 e. The van der Waals surface area contributed by atoms with Crippen molar-refractivity contribution in [2.75, 3.05) is 32.7 Å². The highest BCUT2D eigenvalue weighted by Crippen LogP contribution is 2.20. The van der Waals surface area contributed by atoms with Gasteiger partial charge in [-0.3, -0.25) is 9.69 Å². The van der Waals surface area contributed by atoms with Gasteiger partial charge in [0.25, 0.3) is 0 Å². The van der Waals surface area contributed by atoms with E-state index in [1.54, 1.807) is 0 Å². The van der Waals surface area contributed by atoms with Crippen molar-refractivity contribution in [3.63, 3.8) is 0 Å². The third-order valence-corrected chi connectivity index (χ3v) is 4.46. The molecule has 0 aromatic heterocycles. The molecule has 2 heterocycles. The summed E-state index contributed by atoms with van der Waals surface area (Å²) in [7, 11) is 0. The van der Waals surface area contributed by atoms with Crippen LogP contribution in [-0.4, -0.2) is 60.5 Å². The second-order valence-corrected chi connectivity index (χ2v) is 5.84. The van der Waals surface area contributed by atoms with E-state index in [0.717, 1.165) is 45.6 Å². The van der Waals surface area contributed by atoms with Gasteiger partial charge in [-0.2, -0.15) is 0 Å². The molecule has 4 nitrogen and oxygen atoms in total. The molecule has 0 radical (unpaired) electrons. The maximum Gasteiger partial charge on any atom is 0.225 e. The van der Waals surface area contributed by atoms with Crippen molar-refractivity contribution >= 4 is 5.91 Å². The summed E-state index contributed by atoms with van der Waals surface area (Å²) in [5.74, 6) is 0.646. The van der Waals surface area contributed by atoms with Crippen molar-refractivity contribution in [2.45, 2.75) is 45.7 Å². The Kier molecular flexibility index (Phi) is 4.62. The van der Waals surface area contributed by atoms with E-state index in [9.17, 15) is 4.79 Å². The fraction of sp³-hybridized carbons (Fsp3) is 0.929. The molecule has 0 bridgehead atoms. The average molecular weight is 253 g/mol. The molecule has 2 fully saturated rings. The van der Waals surface area contributed by atoms with E-state index in [1.165, 1.54) is 0 Å². The first-order valence-electron chi connectivity index (χ1n) is 7.38. The van der Waals surface area contributed by atoms with E-state index in [-0.39, 0.29) is 5.92 Å². The molecule has 1 amide bonds. The Morgan fingerprint density at radius 3 is 2.72 bits per heavy atom. The van der Waals surface area contributed by atoms with Crippen LogP contribution in [0.25, 0.3) is 0 Å². The molecule has 2 saturated heterocycles. The molecule has 0 saturated carbocycles. The molecular formula is C14H27N3O. The number of amides is 1. The van der Waals surface area contributed by atoms with Gasteiger partial charge >= 0.3 is 0 Å². The predicted octanol–water partition coefficient (Wildman–Crippen LogP) is 0.927. The number of nitrogens with zero attached hydrogens (tertiary/aromatic N) is 2. The maximum atomic E-state index is 12.5. The van der Waals surface area contributed by atoms with Gasteiger partial charge in [-0.1, -0.05) is 6.92 Å². The predicted molar refractivity (Wildman–Crippen MR) is 73.5 cm³/mol. The number of hydrogen-bond acceptors (Lipinski definition) is 3. The Bertz CT molecular complexity index is 295. The molecule has 0 aromatic carbocycles. The van der Waals surface area contributed by atoms with Gasteiger partial charge in [0.05, 0.1) is 0 Å².